The minimum Gasteiger partial charge on any atom is -0.310 e. The molecule has 1 aromatic heterocycles. The van der Waals surface area contributed by atoms with Crippen molar-refractivity contribution in [2.45, 2.75) is 30.1 Å². The van der Waals surface area contributed by atoms with Crippen molar-refractivity contribution in [3.8, 4) is 39.1 Å². The number of anilines is 3. The Morgan fingerprint density at radius 3 is 1.20 bits per heavy atom. The minimum absolute atomic E-state index is 0.176. The molecule has 1 heterocycles. The second kappa shape index (κ2) is 17.1. The first-order chi connectivity index (χ1) is 39.0. The third-order valence-corrected chi connectivity index (χ3v) is 18.2. The van der Waals surface area contributed by atoms with Gasteiger partial charge in [0.2, 0.25) is 0 Å². The van der Waals surface area contributed by atoms with Gasteiger partial charge in [0.05, 0.1) is 21.9 Å². The molecule has 13 aromatic rings. The van der Waals surface area contributed by atoms with Gasteiger partial charge >= 0.3 is 0 Å². The van der Waals surface area contributed by atoms with Crippen LogP contribution in [0.15, 0.2) is 291 Å². The maximum atomic E-state index is 2.49. The average Bonchev–Trinajstić information content (AvgIpc) is 3.96. The number of benzene rings is 12. The Kier molecular flexibility index (Phi) is 9.85. The lowest BCUT2D eigenvalue weighted by Gasteiger charge is -2.34. The Bertz CT molecular complexity index is 4470. The van der Waals surface area contributed by atoms with E-state index in [0.717, 1.165) is 28.3 Å². The van der Waals surface area contributed by atoms with Crippen LogP contribution in [0.2, 0.25) is 0 Å². The maximum absolute atomic E-state index is 2.49. The van der Waals surface area contributed by atoms with Crippen molar-refractivity contribution in [3.63, 3.8) is 0 Å². The van der Waals surface area contributed by atoms with E-state index in [1.54, 1.807) is 0 Å². The van der Waals surface area contributed by atoms with Crippen LogP contribution >= 0.6 is 0 Å². The average molecular weight is 1010 g/mol. The topological polar surface area (TPSA) is 8.17 Å². The van der Waals surface area contributed by atoms with E-state index in [1.807, 2.05) is 0 Å². The maximum Gasteiger partial charge on any atom is 0.0714 e. The number of fused-ring (bicyclic) bond motifs is 12. The van der Waals surface area contributed by atoms with Gasteiger partial charge in [-0.25, -0.2) is 0 Å². The van der Waals surface area contributed by atoms with Crippen molar-refractivity contribution in [1.29, 1.82) is 0 Å². The molecule has 16 rings (SSSR count). The van der Waals surface area contributed by atoms with E-state index in [1.165, 1.54) is 105 Å². The standard InChI is InChI=1S/C77H54N2/c1-75(2)67-33-17-12-28-59(67)64-46-43-58(50-72(64)75)78(56-41-38-53(39-42-56)76(51-22-6-3-7-23-51)68-34-18-13-29-60(68)61-30-14-19-35-69(61)76)57-44-47-73-66(49-57)65-45-40-54(48-74(65)79(73)55-26-10-5-11-27-55)77(52-24-8-4-9-25-52)70-36-20-15-31-62(70)63-32-16-21-37-71(63)77/h3-50H,1-2H3. The van der Waals surface area contributed by atoms with Crippen molar-refractivity contribution in [2.75, 3.05) is 4.90 Å². The highest BCUT2D eigenvalue weighted by Crippen LogP contribution is 2.59. The fourth-order valence-electron chi connectivity index (χ4n) is 14.8. The van der Waals surface area contributed by atoms with Crippen LogP contribution in [0, 0.1) is 0 Å². The van der Waals surface area contributed by atoms with Crippen molar-refractivity contribution >= 4 is 38.9 Å². The molecule has 3 aliphatic rings. The molecule has 2 heteroatoms. The van der Waals surface area contributed by atoms with Gasteiger partial charge in [0.25, 0.3) is 0 Å². The van der Waals surface area contributed by atoms with E-state index in [9.17, 15) is 0 Å². The quantitative estimate of drug-likeness (QED) is 0.147. The molecule has 79 heavy (non-hydrogen) atoms. The summed E-state index contributed by atoms with van der Waals surface area (Å²) in [6.45, 7) is 4.76. The summed E-state index contributed by atoms with van der Waals surface area (Å²) in [6.07, 6.45) is 0. The molecule has 0 unspecified atom stereocenters. The number of rotatable bonds is 8. The SMILES string of the molecule is CC1(C)c2ccccc2-c2ccc(N(c3ccc(C4(c5ccccc5)c5ccccc5-c5ccccc54)cc3)c3ccc4c(c3)c3ccc(C5(c6ccccc6)c6ccccc6-c6ccccc65)cc3n4-c3ccccc3)cc21. The molecule has 0 saturated heterocycles. The largest absolute Gasteiger partial charge is 0.310 e. The smallest absolute Gasteiger partial charge is 0.0714 e. The Morgan fingerprint density at radius 1 is 0.266 bits per heavy atom. The normalized spacial score (nSPS) is 14.5. The van der Waals surface area contributed by atoms with Gasteiger partial charge in [0.15, 0.2) is 0 Å². The summed E-state index contributed by atoms with van der Waals surface area (Å²) in [4.78, 5) is 2.49. The summed E-state index contributed by atoms with van der Waals surface area (Å²) in [5.41, 5.74) is 26.3. The molecule has 0 saturated carbocycles. The predicted molar refractivity (Wildman–Crippen MR) is 328 cm³/mol. The fraction of sp³-hybridized carbons (Fsp3) is 0.0649. The lowest BCUT2D eigenvalue weighted by molar-refractivity contribution is 0.660. The first-order valence-corrected chi connectivity index (χ1v) is 27.7. The van der Waals surface area contributed by atoms with Gasteiger partial charge in [-0.05, 0) is 150 Å². The molecule has 372 valence electrons. The molecule has 0 bridgehead atoms. The van der Waals surface area contributed by atoms with Crippen molar-refractivity contribution in [1.82, 2.24) is 4.57 Å². The Labute approximate surface area is 461 Å². The molecule has 0 amide bonds. The van der Waals surface area contributed by atoms with E-state index >= 15 is 0 Å². The summed E-state index contributed by atoms with van der Waals surface area (Å²) in [5.74, 6) is 0. The summed E-state index contributed by atoms with van der Waals surface area (Å²) >= 11 is 0. The predicted octanol–water partition coefficient (Wildman–Crippen LogP) is 19.3. The van der Waals surface area contributed by atoms with E-state index in [2.05, 4.69) is 315 Å². The molecule has 0 spiro atoms. The van der Waals surface area contributed by atoms with Gasteiger partial charge in [0.1, 0.15) is 0 Å². The second-order valence-corrected chi connectivity index (χ2v) is 22.3. The van der Waals surface area contributed by atoms with Gasteiger partial charge in [-0.3, -0.25) is 0 Å². The van der Waals surface area contributed by atoms with Crippen LogP contribution in [-0.4, -0.2) is 4.57 Å². The summed E-state index contributed by atoms with van der Waals surface area (Å²) < 4.78 is 2.48. The van der Waals surface area contributed by atoms with Gasteiger partial charge in [-0.15, -0.1) is 0 Å². The number of para-hydroxylation sites is 1. The highest BCUT2D eigenvalue weighted by atomic mass is 15.1. The lowest BCUT2D eigenvalue weighted by Crippen LogP contribution is -2.28. The van der Waals surface area contributed by atoms with E-state index in [0.29, 0.717) is 0 Å². The molecule has 0 aliphatic heterocycles. The van der Waals surface area contributed by atoms with Crippen molar-refractivity contribution in [2.24, 2.45) is 0 Å². The Morgan fingerprint density at radius 2 is 0.658 bits per heavy atom. The number of aromatic nitrogens is 1. The van der Waals surface area contributed by atoms with Crippen LogP contribution < -0.4 is 4.90 Å². The Hall–Kier alpha value is -9.76. The highest BCUT2D eigenvalue weighted by molar-refractivity contribution is 6.11. The molecule has 0 atom stereocenters. The van der Waals surface area contributed by atoms with E-state index in [-0.39, 0.29) is 5.41 Å². The molecule has 0 fully saturated rings. The zero-order valence-corrected chi connectivity index (χ0v) is 44.1. The van der Waals surface area contributed by atoms with Gasteiger partial charge in [-0.1, -0.05) is 244 Å². The molecular weight excluding hydrogens is 953 g/mol. The zero-order valence-electron chi connectivity index (χ0n) is 44.1. The van der Waals surface area contributed by atoms with Gasteiger partial charge in [-0.2, -0.15) is 0 Å². The first-order valence-electron chi connectivity index (χ1n) is 27.7. The van der Waals surface area contributed by atoms with Crippen LogP contribution in [0.25, 0.3) is 60.9 Å². The molecular formula is C77H54N2. The number of hydrogen-bond acceptors (Lipinski definition) is 1. The summed E-state index contributed by atoms with van der Waals surface area (Å²) in [6, 6.07) is 109. The highest BCUT2D eigenvalue weighted by Gasteiger charge is 2.48. The minimum atomic E-state index is -0.530. The van der Waals surface area contributed by atoms with Crippen LogP contribution in [-0.2, 0) is 16.2 Å². The number of hydrogen-bond donors (Lipinski definition) is 0. The molecule has 12 aromatic carbocycles. The van der Waals surface area contributed by atoms with E-state index in [4.69, 9.17) is 0 Å². The van der Waals surface area contributed by atoms with E-state index < -0.39 is 10.8 Å². The van der Waals surface area contributed by atoms with Crippen LogP contribution in [0.3, 0.4) is 0 Å². The molecule has 2 nitrogen and oxygen atoms in total. The first kappa shape index (κ1) is 45.4. The fourth-order valence-corrected chi connectivity index (χ4v) is 14.8. The van der Waals surface area contributed by atoms with Gasteiger partial charge < -0.3 is 9.47 Å². The lowest BCUT2D eigenvalue weighted by atomic mass is 9.67. The third-order valence-electron chi connectivity index (χ3n) is 18.2. The Balaban J connectivity index is 0.923. The molecule has 3 aliphatic carbocycles. The molecule has 0 N–H and O–H groups in total. The molecule has 0 radical (unpaired) electrons. The summed E-state index contributed by atoms with van der Waals surface area (Å²) in [7, 11) is 0. The van der Waals surface area contributed by atoms with Crippen LogP contribution in [0.4, 0.5) is 17.1 Å². The zero-order chi connectivity index (χ0) is 52.5. The van der Waals surface area contributed by atoms with Crippen LogP contribution in [0.1, 0.15) is 69.5 Å². The van der Waals surface area contributed by atoms with Crippen molar-refractivity contribution < 1.29 is 0 Å². The van der Waals surface area contributed by atoms with Crippen LogP contribution in [0.5, 0.6) is 0 Å². The monoisotopic (exact) mass is 1010 g/mol. The summed E-state index contributed by atoms with van der Waals surface area (Å²) in [5, 5.41) is 2.40. The second-order valence-electron chi connectivity index (χ2n) is 22.3. The van der Waals surface area contributed by atoms with Crippen molar-refractivity contribution in [3.05, 3.63) is 347 Å². The van der Waals surface area contributed by atoms with Gasteiger partial charge in [0, 0.05) is 38.9 Å². The third kappa shape index (κ3) is 6.29. The number of nitrogens with zero attached hydrogens (tertiary/aromatic N) is 2.